The maximum Gasteiger partial charge on any atom is 0.257 e. The highest BCUT2D eigenvalue weighted by molar-refractivity contribution is 5.94. The number of piperazine rings is 1. The molecular formula is C16H20N2O3. The lowest BCUT2D eigenvalue weighted by molar-refractivity contribution is -0.133. The third kappa shape index (κ3) is 3.17. The fourth-order valence-electron chi connectivity index (χ4n) is 2.95. The summed E-state index contributed by atoms with van der Waals surface area (Å²) in [7, 11) is 0. The molecule has 5 heteroatoms. The van der Waals surface area contributed by atoms with Crippen LogP contribution < -0.4 is 0 Å². The van der Waals surface area contributed by atoms with Crippen LogP contribution in [0.3, 0.4) is 0 Å². The number of nitrogens with zero attached hydrogens (tertiary/aromatic N) is 2. The van der Waals surface area contributed by atoms with Crippen LogP contribution in [0.4, 0.5) is 0 Å². The molecule has 1 aromatic rings. The lowest BCUT2D eigenvalue weighted by atomic mass is 10.0. The molecule has 1 fully saturated rings. The van der Waals surface area contributed by atoms with Crippen molar-refractivity contribution in [2.24, 2.45) is 5.92 Å². The second kappa shape index (κ2) is 6.16. The van der Waals surface area contributed by atoms with E-state index in [1.807, 2.05) is 4.90 Å². The maximum atomic E-state index is 12.2. The molecule has 0 radical (unpaired) electrons. The van der Waals surface area contributed by atoms with Crippen LogP contribution in [0, 0.1) is 5.92 Å². The highest BCUT2D eigenvalue weighted by atomic mass is 16.3. The number of amides is 2. The molecule has 5 nitrogen and oxygen atoms in total. The van der Waals surface area contributed by atoms with Crippen molar-refractivity contribution in [3.05, 3.63) is 36.3 Å². The highest BCUT2D eigenvalue weighted by Crippen LogP contribution is 2.21. The number of carbonyl (C=O) groups is 2. The third-order valence-electron chi connectivity index (χ3n) is 4.24. The van der Waals surface area contributed by atoms with Gasteiger partial charge in [-0.25, -0.2) is 0 Å². The summed E-state index contributed by atoms with van der Waals surface area (Å²) in [5, 5.41) is 0. The van der Waals surface area contributed by atoms with Crippen molar-refractivity contribution >= 4 is 11.8 Å². The van der Waals surface area contributed by atoms with Gasteiger partial charge in [0.25, 0.3) is 5.91 Å². The highest BCUT2D eigenvalue weighted by Gasteiger charge is 2.26. The number of hydrogen-bond acceptors (Lipinski definition) is 3. The molecule has 2 aliphatic rings. The van der Waals surface area contributed by atoms with Crippen molar-refractivity contribution in [1.82, 2.24) is 9.80 Å². The van der Waals surface area contributed by atoms with Crippen molar-refractivity contribution in [2.75, 3.05) is 26.2 Å². The molecule has 0 bridgehead atoms. The number of hydrogen-bond donors (Lipinski definition) is 0. The van der Waals surface area contributed by atoms with E-state index < -0.39 is 0 Å². The van der Waals surface area contributed by atoms with E-state index in [2.05, 4.69) is 12.2 Å². The summed E-state index contributed by atoms with van der Waals surface area (Å²) in [6.07, 6.45) is 10.0. The summed E-state index contributed by atoms with van der Waals surface area (Å²) in [6.45, 7) is 2.43. The molecule has 1 atom stereocenters. The van der Waals surface area contributed by atoms with Crippen LogP contribution in [0.1, 0.15) is 29.6 Å². The monoisotopic (exact) mass is 288 g/mol. The predicted octanol–water partition coefficient (Wildman–Crippen LogP) is 1.92. The van der Waals surface area contributed by atoms with Gasteiger partial charge in [0.1, 0.15) is 6.26 Å². The Kier molecular flexibility index (Phi) is 4.08. The van der Waals surface area contributed by atoms with E-state index >= 15 is 0 Å². The van der Waals surface area contributed by atoms with Crippen molar-refractivity contribution in [2.45, 2.75) is 19.3 Å². The molecule has 1 unspecified atom stereocenters. The van der Waals surface area contributed by atoms with Gasteiger partial charge in [-0.2, -0.15) is 0 Å². The van der Waals surface area contributed by atoms with Crippen molar-refractivity contribution < 1.29 is 14.0 Å². The zero-order chi connectivity index (χ0) is 14.7. The molecule has 2 heterocycles. The van der Waals surface area contributed by atoms with Gasteiger partial charge in [0, 0.05) is 32.6 Å². The maximum absolute atomic E-state index is 12.2. The van der Waals surface area contributed by atoms with Gasteiger partial charge in [-0.05, 0) is 24.8 Å². The Labute approximate surface area is 124 Å². The summed E-state index contributed by atoms with van der Waals surface area (Å²) >= 11 is 0. The minimum absolute atomic E-state index is 0.0189. The Hall–Kier alpha value is -2.04. The smallest absolute Gasteiger partial charge is 0.257 e. The molecule has 112 valence electrons. The Morgan fingerprint density at radius 1 is 1.19 bits per heavy atom. The van der Waals surface area contributed by atoms with Gasteiger partial charge in [0.2, 0.25) is 5.91 Å². The van der Waals surface area contributed by atoms with E-state index in [-0.39, 0.29) is 11.8 Å². The number of allylic oxidation sites excluding steroid dienone is 2. The summed E-state index contributed by atoms with van der Waals surface area (Å²) in [6, 6.07) is 1.67. The molecule has 0 saturated carbocycles. The van der Waals surface area contributed by atoms with E-state index in [0.29, 0.717) is 44.1 Å². The van der Waals surface area contributed by atoms with E-state index in [1.54, 1.807) is 11.0 Å². The Balaban J connectivity index is 1.49. The van der Waals surface area contributed by atoms with E-state index in [4.69, 9.17) is 4.42 Å². The van der Waals surface area contributed by atoms with E-state index in [0.717, 1.165) is 12.8 Å². The first-order valence-corrected chi connectivity index (χ1v) is 7.50. The molecule has 1 aliphatic carbocycles. The van der Waals surface area contributed by atoms with Crippen molar-refractivity contribution in [3.63, 3.8) is 0 Å². The molecule has 2 amide bonds. The zero-order valence-corrected chi connectivity index (χ0v) is 12.0. The van der Waals surface area contributed by atoms with Gasteiger partial charge in [0.15, 0.2) is 0 Å². The van der Waals surface area contributed by atoms with E-state index in [9.17, 15) is 9.59 Å². The van der Waals surface area contributed by atoms with Crippen LogP contribution in [-0.2, 0) is 4.79 Å². The fourth-order valence-corrected chi connectivity index (χ4v) is 2.95. The molecule has 0 aromatic carbocycles. The van der Waals surface area contributed by atoms with Gasteiger partial charge in [-0.15, -0.1) is 0 Å². The zero-order valence-electron chi connectivity index (χ0n) is 12.0. The first-order valence-electron chi connectivity index (χ1n) is 7.50. The van der Waals surface area contributed by atoms with Gasteiger partial charge >= 0.3 is 0 Å². The quantitative estimate of drug-likeness (QED) is 0.798. The summed E-state index contributed by atoms with van der Waals surface area (Å²) in [5.74, 6) is 0.597. The molecule has 0 N–H and O–H groups in total. The Bertz CT molecular complexity index is 528. The van der Waals surface area contributed by atoms with Crippen LogP contribution in [0.15, 0.2) is 35.2 Å². The topological polar surface area (TPSA) is 53.8 Å². The molecular weight excluding hydrogens is 268 g/mol. The van der Waals surface area contributed by atoms with Crippen LogP contribution in [0.25, 0.3) is 0 Å². The summed E-state index contributed by atoms with van der Waals surface area (Å²) < 4.78 is 4.94. The SMILES string of the molecule is O=C(CC1C=CCC1)N1CCN(C(=O)c2ccoc2)CC1. The Morgan fingerprint density at radius 3 is 2.57 bits per heavy atom. The molecule has 3 rings (SSSR count). The first kappa shape index (κ1) is 13.9. The van der Waals surface area contributed by atoms with Crippen LogP contribution >= 0.6 is 0 Å². The summed E-state index contributed by atoms with van der Waals surface area (Å²) in [4.78, 5) is 28.1. The summed E-state index contributed by atoms with van der Waals surface area (Å²) in [5.41, 5.74) is 0.575. The first-order chi connectivity index (χ1) is 10.2. The third-order valence-corrected chi connectivity index (χ3v) is 4.24. The van der Waals surface area contributed by atoms with E-state index in [1.165, 1.54) is 12.5 Å². The van der Waals surface area contributed by atoms with Gasteiger partial charge in [0.05, 0.1) is 11.8 Å². The van der Waals surface area contributed by atoms with Gasteiger partial charge < -0.3 is 14.2 Å². The number of furan rings is 1. The standard InChI is InChI=1S/C16H20N2O3/c19-15(11-13-3-1-2-4-13)17-6-8-18(9-7-17)16(20)14-5-10-21-12-14/h1,3,5,10,12-13H,2,4,6-9,11H2. The van der Waals surface area contributed by atoms with Crippen molar-refractivity contribution in [1.29, 1.82) is 0 Å². The van der Waals surface area contributed by atoms with Gasteiger partial charge in [-0.3, -0.25) is 9.59 Å². The second-order valence-electron chi connectivity index (χ2n) is 5.65. The minimum Gasteiger partial charge on any atom is -0.472 e. The number of rotatable bonds is 3. The second-order valence-corrected chi connectivity index (χ2v) is 5.65. The number of carbonyl (C=O) groups excluding carboxylic acids is 2. The lowest BCUT2D eigenvalue weighted by Crippen LogP contribution is -2.50. The largest absolute Gasteiger partial charge is 0.472 e. The molecule has 1 aromatic heterocycles. The van der Waals surface area contributed by atoms with Crippen LogP contribution in [-0.4, -0.2) is 47.8 Å². The van der Waals surface area contributed by atoms with Crippen molar-refractivity contribution in [3.8, 4) is 0 Å². The van der Waals surface area contributed by atoms with Gasteiger partial charge in [-0.1, -0.05) is 12.2 Å². The Morgan fingerprint density at radius 2 is 1.95 bits per heavy atom. The normalized spacial score (nSPS) is 21.8. The molecule has 1 aliphatic heterocycles. The lowest BCUT2D eigenvalue weighted by Gasteiger charge is -2.35. The molecule has 0 spiro atoms. The minimum atomic E-state index is -0.0189. The average Bonchev–Trinajstić information content (AvgIpc) is 3.20. The van der Waals surface area contributed by atoms with Crippen LogP contribution in [0.5, 0.6) is 0 Å². The molecule has 21 heavy (non-hydrogen) atoms. The fraction of sp³-hybridized carbons (Fsp3) is 0.500. The predicted molar refractivity (Wildman–Crippen MR) is 77.7 cm³/mol. The average molecular weight is 288 g/mol. The van der Waals surface area contributed by atoms with Crippen LogP contribution in [0.2, 0.25) is 0 Å². The molecule has 1 saturated heterocycles.